The predicted octanol–water partition coefficient (Wildman–Crippen LogP) is -0.787. The minimum Gasteiger partial charge on any atom is -0.550 e. The van der Waals surface area contributed by atoms with Gasteiger partial charge in [-0.2, -0.15) is 0 Å². The third kappa shape index (κ3) is 8.17. The average molecular weight is 759 g/mol. The van der Waals surface area contributed by atoms with Gasteiger partial charge in [-0.1, -0.05) is 25.3 Å². The Morgan fingerprint density at radius 3 is 1.84 bits per heavy atom. The Kier molecular flexibility index (Phi) is 12.0. The number of carbonyl (C=O) groups excluding carboxylic acids is 5. The van der Waals surface area contributed by atoms with Crippen LogP contribution in [0.4, 0.5) is 0 Å². The molecule has 5 atom stereocenters. The molecular weight excluding hydrogens is 716 g/mol. The molecule has 1 saturated heterocycles. The number of nitrogens with one attached hydrogen (secondary N) is 4. The van der Waals surface area contributed by atoms with Gasteiger partial charge in [0.15, 0.2) is 0 Å². The Balaban J connectivity index is 1.51. The first-order valence-corrected chi connectivity index (χ1v) is 17.4. The van der Waals surface area contributed by atoms with Crippen LogP contribution in [0.5, 0.6) is 0 Å². The van der Waals surface area contributed by atoms with E-state index < -0.39 is 48.6 Å². The Labute approximate surface area is 315 Å². The van der Waals surface area contributed by atoms with Crippen molar-refractivity contribution >= 4 is 41.9 Å². The lowest BCUT2D eigenvalue weighted by atomic mass is 9.98. The highest BCUT2D eigenvalue weighted by molar-refractivity contribution is 6.03. The number of carboxylic acids is 2. The minimum absolute atomic E-state index is 0.0421. The Morgan fingerprint density at radius 2 is 1.31 bits per heavy atom. The van der Waals surface area contributed by atoms with Crippen LogP contribution >= 0.6 is 0 Å². The number of amides is 2. The van der Waals surface area contributed by atoms with E-state index in [-0.39, 0.29) is 43.9 Å². The van der Waals surface area contributed by atoms with Gasteiger partial charge in [0.1, 0.15) is 24.4 Å². The number of hydrogen-bond acceptors (Lipinski definition) is 12. The number of aliphatic carboxylic acids is 2. The van der Waals surface area contributed by atoms with Gasteiger partial charge in [-0.05, 0) is 86.9 Å². The van der Waals surface area contributed by atoms with Gasteiger partial charge in [-0.25, -0.2) is 0 Å². The van der Waals surface area contributed by atoms with Crippen LogP contribution < -0.4 is 20.8 Å². The van der Waals surface area contributed by atoms with E-state index in [1.54, 1.807) is 39.0 Å². The summed E-state index contributed by atoms with van der Waals surface area (Å²) in [6.07, 6.45) is -3.68. The van der Waals surface area contributed by atoms with Crippen LogP contribution in [0.2, 0.25) is 0 Å². The van der Waals surface area contributed by atoms with Crippen LogP contribution in [-0.4, -0.2) is 85.7 Å². The first-order valence-electron chi connectivity index (χ1n) is 17.4. The summed E-state index contributed by atoms with van der Waals surface area (Å²) in [6.45, 7) is 14.6. The van der Waals surface area contributed by atoms with E-state index in [9.17, 15) is 49.5 Å². The number of H-pyrrole nitrogens is 2. The second kappa shape index (κ2) is 16.3. The molecule has 3 aliphatic rings. The molecule has 2 aromatic rings. The maximum Gasteiger partial charge on any atom is 0.308 e. The fourth-order valence-electron chi connectivity index (χ4n) is 6.93. The lowest BCUT2D eigenvalue weighted by Gasteiger charge is -2.40. The highest BCUT2D eigenvalue weighted by Gasteiger charge is 2.46. The maximum absolute atomic E-state index is 13.1. The van der Waals surface area contributed by atoms with Gasteiger partial charge in [-0.15, -0.1) is 0 Å². The average Bonchev–Trinajstić information content (AvgIpc) is 3.78. The van der Waals surface area contributed by atoms with Crippen molar-refractivity contribution in [1.29, 1.82) is 0 Å². The van der Waals surface area contributed by atoms with Gasteiger partial charge in [0.05, 0.1) is 11.7 Å². The minimum atomic E-state index is -2.07. The Hall–Kier alpha value is -5.81. The molecule has 0 unspecified atom stereocenters. The van der Waals surface area contributed by atoms with E-state index in [1.165, 1.54) is 6.08 Å². The van der Waals surface area contributed by atoms with E-state index in [2.05, 4.69) is 33.8 Å². The van der Waals surface area contributed by atoms with Crippen molar-refractivity contribution in [3.8, 4) is 0 Å². The molecule has 5 heterocycles. The zero-order valence-electron chi connectivity index (χ0n) is 30.7. The van der Waals surface area contributed by atoms with Crippen LogP contribution in [0, 0.1) is 13.8 Å². The van der Waals surface area contributed by atoms with Crippen molar-refractivity contribution in [2.45, 2.75) is 90.5 Å². The predicted molar refractivity (Wildman–Crippen MR) is 191 cm³/mol. The van der Waals surface area contributed by atoms with Gasteiger partial charge < -0.3 is 65.2 Å². The summed E-state index contributed by atoms with van der Waals surface area (Å²) in [5, 5.41) is 59.0. The van der Waals surface area contributed by atoms with Gasteiger partial charge in [0.2, 0.25) is 6.29 Å². The van der Waals surface area contributed by atoms with Crippen molar-refractivity contribution in [2.75, 3.05) is 0 Å². The van der Waals surface area contributed by atoms with E-state index in [0.29, 0.717) is 73.2 Å². The lowest BCUT2D eigenvalue weighted by molar-refractivity contribution is -0.346. The van der Waals surface area contributed by atoms with Gasteiger partial charge in [0.25, 0.3) is 11.8 Å². The fourth-order valence-corrected chi connectivity index (χ4v) is 6.93. The van der Waals surface area contributed by atoms with E-state index in [4.69, 9.17) is 9.47 Å². The van der Waals surface area contributed by atoms with E-state index in [1.807, 2.05) is 6.92 Å². The molecule has 16 nitrogen and oxygen atoms in total. The molecule has 55 heavy (non-hydrogen) atoms. The second-order valence-corrected chi connectivity index (χ2v) is 13.5. The molecule has 2 aromatic heterocycles. The summed E-state index contributed by atoms with van der Waals surface area (Å²) in [7, 11) is 0. The molecule has 0 aliphatic carbocycles. The fraction of sp³-hybridized carbons (Fsp3) is 0.359. The molecule has 5 rings (SSSR count). The van der Waals surface area contributed by atoms with E-state index in [0.717, 1.165) is 5.56 Å². The number of aliphatic hydroxyl groups is 3. The highest BCUT2D eigenvalue weighted by Crippen LogP contribution is 2.32. The Morgan fingerprint density at radius 1 is 0.764 bits per heavy atom. The van der Waals surface area contributed by atoms with Crippen LogP contribution in [0.15, 0.2) is 59.0 Å². The summed E-state index contributed by atoms with van der Waals surface area (Å²) >= 11 is 0. The first kappa shape index (κ1) is 40.4. The molecule has 0 saturated carbocycles. The molecule has 1 fully saturated rings. The molecule has 2 amide bonds. The van der Waals surface area contributed by atoms with E-state index >= 15 is 0 Å². The number of esters is 1. The van der Waals surface area contributed by atoms with Gasteiger partial charge >= 0.3 is 5.97 Å². The van der Waals surface area contributed by atoms with Crippen LogP contribution in [0.1, 0.15) is 71.7 Å². The number of rotatable bonds is 14. The zero-order valence-corrected chi connectivity index (χ0v) is 30.7. The number of hydrogen-bond donors (Lipinski definition) is 7. The highest BCUT2D eigenvalue weighted by atomic mass is 16.7. The maximum atomic E-state index is 13.1. The number of carboxylic acid groups (broad SMARTS) is 2. The lowest BCUT2D eigenvalue weighted by Crippen LogP contribution is -2.62. The Bertz CT molecular complexity index is 2110. The molecule has 0 bridgehead atoms. The number of aliphatic hydroxyl groups excluding tert-OH is 3. The second-order valence-electron chi connectivity index (χ2n) is 13.5. The van der Waals surface area contributed by atoms with Crippen molar-refractivity contribution < 1.29 is 59.0 Å². The van der Waals surface area contributed by atoms with Crippen molar-refractivity contribution in [3.05, 3.63) is 104 Å². The molecule has 292 valence electrons. The molecular formula is C39H42N4O12-2. The van der Waals surface area contributed by atoms with Crippen LogP contribution in [0.25, 0.3) is 12.2 Å². The smallest absolute Gasteiger partial charge is 0.308 e. The standard InChI is InChI=1S/C39H44N4O12/c1-7-20-19(6)36(50)43-27(20)14-25-17(4)22(9-11-30(44)45)28(41-25)15-29-23(18(5)24(40-29)13-26-16(3)21(8-2)37(51)42-26)10-12-31(46)54-39-34(49)32(47)33(48)35(55-39)38(52)53/h7-8,13-14,32-35,39-41,47-49H,1-2,9-12,15H2,3-6H3,(H,42,51)(H,43,50)(H,44,45)(H,52,53)/p-2/b26-13-,27-14-/t32-,33-,34+,35-,39+/m0/s1. The van der Waals surface area contributed by atoms with Crippen molar-refractivity contribution in [1.82, 2.24) is 20.6 Å². The summed E-state index contributed by atoms with van der Waals surface area (Å²) < 4.78 is 10.2. The molecule has 7 N–H and O–H groups in total. The van der Waals surface area contributed by atoms with Crippen LogP contribution in [-0.2, 0) is 52.7 Å². The number of allylic oxidation sites excluding steroid dienone is 2. The third-order valence-electron chi connectivity index (χ3n) is 10.1. The molecule has 0 aromatic carbocycles. The van der Waals surface area contributed by atoms with Gasteiger partial charge in [-0.3, -0.25) is 14.4 Å². The topological polar surface area (TPSA) is 266 Å². The van der Waals surface area contributed by atoms with Gasteiger partial charge in [0, 0.05) is 64.0 Å². The SMILES string of the molecule is C=CC1=C(C)/C(=C/c2[nH]c(Cc3[nH]c(/C=C4\NC(=O)C(C)=C4C=C)c(C)c3CCC(=O)[O-])c(CCC(=O)O[C@@H]3O[C@H](C(=O)[O-])[C@@H](O)[C@H](O)[C@H]3O)c2C)NC1=O. The summed E-state index contributed by atoms with van der Waals surface area (Å²) in [4.78, 5) is 67.8. The molecule has 3 aliphatic heterocycles. The monoisotopic (exact) mass is 758 g/mol. The largest absolute Gasteiger partial charge is 0.550 e. The molecule has 16 heteroatoms. The number of aromatic amines is 2. The number of aromatic nitrogens is 2. The number of carbonyl (C=O) groups is 5. The quantitative estimate of drug-likeness (QED) is 0.117. The van der Waals surface area contributed by atoms with Crippen molar-refractivity contribution in [3.63, 3.8) is 0 Å². The van der Waals surface area contributed by atoms with Crippen molar-refractivity contribution in [2.24, 2.45) is 0 Å². The molecule has 0 radical (unpaired) electrons. The zero-order chi connectivity index (χ0) is 40.5. The third-order valence-corrected chi connectivity index (χ3v) is 10.1. The summed E-state index contributed by atoms with van der Waals surface area (Å²) in [5.74, 6) is -4.63. The normalized spacial score (nSPS) is 24.1. The number of ether oxygens (including phenoxy) is 2. The summed E-state index contributed by atoms with van der Waals surface area (Å²) in [5.41, 5.74) is 8.47. The first-order chi connectivity index (χ1) is 26.0. The summed E-state index contributed by atoms with van der Waals surface area (Å²) in [6, 6.07) is 0. The van der Waals surface area contributed by atoms with Crippen LogP contribution in [0.3, 0.4) is 0 Å². The molecule has 0 spiro atoms.